The number of amides is 2. The normalized spacial score (nSPS) is 19.1. The molecule has 2 fully saturated rings. The maximum Gasteiger partial charge on any atom is 0.227 e. The molecule has 0 saturated carbocycles. The molecule has 0 N–H and O–H groups in total. The Kier molecular flexibility index (Phi) is 6.66. The van der Waals surface area contributed by atoms with Crippen molar-refractivity contribution >= 4 is 28.5 Å². The van der Waals surface area contributed by atoms with E-state index in [4.69, 9.17) is 4.98 Å². The maximum atomic E-state index is 13.1. The van der Waals surface area contributed by atoms with Gasteiger partial charge in [0.15, 0.2) is 0 Å². The predicted molar refractivity (Wildman–Crippen MR) is 135 cm³/mol. The zero-order chi connectivity index (χ0) is 23.5. The number of carbonyl (C=O) groups is 2. The average Bonchev–Trinajstić information content (AvgIpc) is 3.30. The van der Waals surface area contributed by atoms with E-state index in [1.165, 1.54) is 18.4 Å². The van der Waals surface area contributed by atoms with Gasteiger partial charge in [-0.05, 0) is 43.0 Å². The van der Waals surface area contributed by atoms with Crippen molar-refractivity contribution in [2.24, 2.45) is 0 Å². The summed E-state index contributed by atoms with van der Waals surface area (Å²) < 4.78 is 2.19. The Labute approximate surface area is 201 Å². The predicted octanol–water partition coefficient (Wildman–Crippen LogP) is 4.91. The molecule has 2 aromatic carbocycles. The number of nitrogens with zero attached hydrogens (tertiary/aromatic N) is 4. The first-order valence-corrected chi connectivity index (χ1v) is 12.8. The molecule has 0 radical (unpaired) electrons. The molecule has 5 rings (SSSR count). The van der Waals surface area contributed by atoms with E-state index >= 15 is 0 Å². The van der Waals surface area contributed by atoms with Crippen LogP contribution in [-0.2, 0) is 22.6 Å². The molecule has 178 valence electrons. The van der Waals surface area contributed by atoms with Crippen LogP contribution in [0, 0.1) is 0 Å². The van der Waals surface area contributed by atoms with Crippen LogP contribution in [0.4, 0.5) is 5.69 Å². The molecule has 34 heavy (non-hydrogen) atoms. The van der Waals surface area contributed by atoms with Gasteiger partial charge in [0.2, 0.25) is 11.8 Å². The van der Waals surface area contributed by atoms with Crippen molar-refractivity contribution in [2.75, 3.05) is 24.5 Å². The second kappa shape index (κ2) is 10.00. The van der Waals surface area contributed by atoms with Gasteiger partial charge in [0, 0.05) is 50.6 Å². The number of imidazole rings is 1. The number of aryl methyl sites for hydroxylation is 2. The summed E-state index contributed by atoms with van der Waals surface area (Å²) in [5, 5.41) is 0. The number of fused-ring (bicyclic) bond motifs is 1. The third-order valence-corrected chi connectivity index (χ3v) is 7.35. The molecule has 2 amide bonds. The lowest BCUT2D eigenvalue weighted by atomic mass is 10.1. The summed E-state index contributed by atoms with van der Waals surface area (Å²) in [5.74, 6) is 1.31. The standard InChI is InChI=1S/C28H34N4O2/c1-2-21-11-5-7-13-24(21)32-20-22(19-27(32)34)28-29-23-12-6-8-14-25(23)31(28)18-15-26(33)30-16-9-3-4-10-17-30/h5-8,11-14,22H,2-4,9-10,15-20H2,1H3. The Morgan fingerprint density at radius 1 is 1.00 bits per heavy atom. The molecule has 0 aliphatic carbocycles. The Balaban J connectivity index is 1.40. The largest absolute Gasteiger partial charge is 0.343 e. The van der Waals surface area contributed by atoms with Crippen LogP contribution in [0.3, 0.4) is 0 Å². The smallest absolute Gasteiger partial charge is 0.227 e. The van der Waals surface area contributed by atoms with Crippen molar-refractivity contribution in [1.82, 2.24) is 14.5 Å². The number of hydrogen-bond donors (Lipinski definition) is 0. The Morgan fingerprint density at radius 3 is 2.53 bits per heavy atom. The second-order valence-corrected chi connectivity index (χ2v) is 9.54. The van der Waals surface area contributed by atoms with Crippen molar-refractivity contribution in [2.45, 2.75) is 64.3 Å². The molecule has 1 atom stereocenters. The van der Waals surface area contributed by atoms with Crippen molar-refractivity contribution in [3.63, 3.8) is 0 Å². The highest BCUT2D eigenvalue weighted by molar-refractivity contribution is 5.97. The van der Waals surface area contributed by atoms with Crippen molar-refractivity contribution in [3.05, 3.63) is 59.9 Å². The highest BCUT2D eigenvalue weighted by atomic mass is 16.2. The van der Waals surface area contributed by atoms with Gasteiger partial charge >= 0.3 is 0 Å². The third kappa shape index (κ3) is 4.46. The van der Waals surface area contributed by atoms with E-state index in [1.54, 1.807) is 0 Å². The van der Waals surface area contributed by atoms with Crippen molar-refractivity contribution in [1.29, 1.82) is 0 Å². The minimum atomic E-state index is 0.0121. The minimum Gasteiger partial charge on any atom is -0.343 e. The zero-order valence-corrected chi connectivity index (χ0v) is 20.1. The number of benzene rings is 2. The summed E-state index contributed by atoms with van der Waals surface area (Å²) in [6.07, 6.45) is 6.44. The molecule has 1 aromatic heterocycles. The van der Waals surface area contributed by atoms with E-state index in [-0.39, 0.29) is 17.7 Å². The van der Waals surface area contributed by atoms with Crippen LogP contribution in [0.5, 0.6) is 0 Å². The van der Waals surface area contributed by atoms with E-state index in [2.05, 4.69) is 23.6 Å². The molecular formula is C28H34N4O2. The van der Waals surface area contributed by atoms with Gasteiger partial charge in [-0.25, -0.2) is 4.98 Å². The van der Waals surface area contributed by atoms with Gasteiger partial charge in [-0.15, -0.1) is 0 Å². The Morgan fingerprint density at radius 2 is 1.74 bits per heavy atom. The number of para-hydroxylation sites is 3. The second-order valence-electron chi connectivity index (χ2n) is 9.54. The number of carbonyl (C=O) groups excluding carboxylic acids is 2. The molecule has 0 spiro atoms. The molecule has 0 bridgehead atoms. The molecular weight excluding hydrogens is 424 g/mol. The van der Waals surface area contributed by atoms with E-state index in [9.17, 15) is 9.59 Å². The summed E-state index contributed by atoms with van der Waals surface area (Å²) >= 11 is 0. The summed E-state index contributed by atoms with van der Waals surface area (Å²) in [5.41, 5.74) is 4.17. The minimum absolute atomic E-state index is 0.0121. The van der Waals surface area contributed by atoms with Crippen molar-refractivity contribution in [3.8, 4) is 0 Å². The molecule has 1 unspecified atom stereocenters. The number of aromatic nitrogens is 2. The zero-order valence-electron chi connectivity index (χ0n) is 20.1. The van der Waals surface area contributed by atoms with Gasteiger partial charge in [-0.1, -0.05) is 50.1 Å². The Bertz CT molecular complexity index is 1180. The first-order chi connectivity index (χ1) is 16.7. The molecule has 6 nitrogen and oxygen atoms in total. The lowest BCUT2D eigenvalue weighted by Gasteiger charge is -2.22. The van der Waals surface area contributed by atoms with E-state index < -0.39 is 0 Å². The summed E-state index contributed by atoms with van der Waals surface area (Å²) in [6.45, 7) is 5.09. The molecule has 3 aromatic rings. The Hall–Kier alpha value is -3.15. The lowest BCUT2D eigenvalue weighted by molar-refractivity contribution is -0.131. The van der Waals surface area contributed by atoms with Gasteiger partial charge in [-0.2, -0.15) is 0 Å². The van der Waals surface area contributed by atoms with Crippen LogP contribution in [0.25, 0.3) is 11.0 Å². The molecule has 6 heteroatoms. The quantitative estimate of drug-likeness (QED) is 0.527. The number of anilines is 1. The molecule has 2 saturated heterocycles. The average molecular weight is 459 g/mol. The number of rotatable bonds is 6. The van der Waals surface area contributed by atoms with Crippen LogP contribution in [0.15, 0.2) is 48.5 Å². The summed E-state index contributed by atoms with van der Waals surface area (Å²) in [6, 6.07) is 16.3. The van der Waals surface area contributed by atoms with Gasteiger partial charge in [0.1, 0.15) is 5.82 Å². The van der Waals surface area contributed by atoms with Crippen LogP contribution >= 0.6 is 0 Å². The molecule has 2 aliphatic rings. The number of hydrogen-bond acceptors (Lipinski definition) is 3. The topological polar surface area (TPSA) is 58.4 Å². The van der Waals surface area contributed by atoms with Crippen molar-refractivity contribution < 1.29 is 9.59 Å². The van der Waals surface area contributed by atoms with Gasteiger partial charge < -0.3 is 14.4 Å². The van der Waals surface area contributed by atoms with Gasteiger partial charge in [-0.3, -0.25) is 9.59 Å². The van der Waals surface area contributed by atoms with E-state index in [0.717, 1.165) is 54.9 Å². The lowest BCUT2D eigenvalue weighted by Crippen LogP contribution is -2.32. The van der Waals surface area contributed by atoms with Crippen LogP contribution in [0.1, 0.15) is 62.8 Å². The molecule has 3 heterocycles. The van der Waals surface area contributed by atoms with Crippen LogP contribution in [-0.4, -0.2) is 45.9 Å². The van der Waals surface area contributed by atoms with Crippen LogP contribution in [0.2, 0.25) is 0 Å². The first kappa shape index (κ1) is 22.6. The first-order valence-electron chi connectivity index (χ1n) is 12.8. The van der Waals surface area contributed by atoms with E-state index in [1.807, 2.05) is 46.2 Å². The fourth-order valence-corrected chi connectivity index (χ4v) is 5.51. The highest BCUT2D eigenvalue weighted by Gasteiger charge is 2.35. The number of likely N-dealkylation sites (tertiary alicyclic amines) is 1. The third-order valence-electron chi connectivity index (χ3n) is 7.35. The fraction of sp³-hybridized carbons (Fsp3) is 0.464. The van der Waals surface area contributed by atoms with Gasteiger partial charge in [0.05, 0.1) is 11.0 Å². The summed E-state index contributed by atoms with van der Waals surface area (Å²) in [7, 11) is 0. The molecule has 2 aliphatic heterocycles. The summed E-state index contributed by atoms with van der Waals surface area (Å²) in [4.78, 5) is 35.0. The maximum absolute atomic E-state index is 13.1. The van der Waals surface area contributed by atoms with E-state index in [0.29, 0.717) is 25.9 Å². The fourth-order valence-electron chi connectivity index (χ4n) is 5.51. The monoisotopic (exact) mass is 458 g/mol. The van der Waals surface area contributed by atoms with Gasteiger partial charge in [0.25, 0.3) is 0 Å². The SMILES string of the molecule is CCc1ccccc1N1CC(c2nc3ccccc3n2CCC(=O)N2CCCCCC2)CC1=O. The van der Waals surface area contributed by atoms with Crippen LogP contribution < -0.4 is 4.90 Å². The highest BCUT2D eigenvalue weighted by Crippen LogP contribution is 2.35.